The van der Waals surface area contributed by atoms with Crippen LogP contribution >= 0.6 is 0 Å². The number of hydrogen-bond donors (Lipinski definition) is 2. The summed E-state index contributed by atoms with van der Waals surface area (Å²) in [6.07, 6.45) is 0.599. The summed E-state index contributed by atoms with van der Waals surface area (Å²) in [6.45, 7) is 4.31. The molecule has 0 spiro atoms. The molecule has 0 aliphatic heterocycles. The molecule has 0 aromatic heterocycles. The SMILES string of the molecule is COc1cc(OC)c(CCNC(=O)NC(C)C)c(OC)c1. The number of methoxy groups -OCH3 is 3. The fraction of sp³-hybridized carbons (Fsp3) is 0.533. The molecule has 1 aromatic rings. The van der Waals surface area contributed by atoms with Crippen molar-refractivity contribution < 1.29 is 19.0 Å². The van der Waals surface area contributed by atoms with Gasteiger partial charge in [0.25, 0.3) is 0 Å². The van der Waals surface area contributed by atoms with Crippen molar-refractivity contribution in [3.05, 3.63) is 17.7 Å². The Kier molecular flexibility index (Phi) is 6.65. The first-order valence-electron chi connectivity index (χ1n) is 6.85. The molecule has 6 nitrogen and oxygen atoms in total. The van der Waals surface area contributed by atoms with Gasteiger partial charge in [-0.3, -0.25) is 0 Å². The molecule has 0 radical (unpaired) electrons. The zero-order valence-corrected chi connectivity index (χ0v) is 13.3. The number of hydrogen-bond acceptors (Lipinski definition) is 4. The van der Waals surface area contributed by atoms with Crippen molar-refractivity contribution in [1.82, 2.24) is 10.6 Å². The number of benzene rings is 1. The van der Waals surface area contributed by atoms with Gasteiger partial charge in [0.05, 0.1) is 21.3 Å². The highest BCUT2D eigenvalue weighted by Crippen LogP contribution is 2.34. The number of carbonyl (C=O) groups excluding carboxylic acids is 1. The second-order valence-corrected chi connectivity index (χ2v) is 4.82. The highest BCUT2D eigenvalue weighted by molar-refractivity contribution is 5.74. The van der Waals surface area contributed by atoms with Gasteiger partial charge in [-0.25, -0.2) is 4.79 Å². The topological polar surface area (TPSA) is 68.8 Å². The first-order chi connectivity index (χ1) is 10.0. The van der Waals surface area contributed by atoms with E-state index in [9.17, 15) is 4.79 Å². The third kappa shape index (κ3) is 5.06. The first-order valence-corrected chi connectivity index (χ1v) is 6.85. The summed E-state index contributed by atoms with van der Waals surface area (Å²) in [4.78, 5) is 11.5. The van der Waals surface area contributed by atoms with Gasteiger partial charge in [0.1, 0.15) is 17.2 Å². The fourth-order valence-corrected chi connectivity index (χ4v) is 1.94. The molecule has 0 saturated carbocycles. The van der Waals surface area contributed by atoms with Crippen LogP contribution in [0.25, 0.3) is 0 Å². The Morgan fingerprint density at radius 3 is 2.10 bits per heavy atom. The summed E-state index contributed by atoms with van der Waals surface area (Å²) in [5.41, 5.74) is 0.894. The smallest absolute Gasteiger partial charge is 0.314 e. The molecule has 0 atom stereocenters. The quantitative estimate of drug-likeness (QED) is 0.807. The number of nitrogens with one attached hydrogen (secondary N) is 2. The first kappa shape index (κ1) is 16.9. The third-order valence-electron chi connectivity index (χ3n) is 2.90. The van der Waals surface area contributed by atoms with Crippen molar-refractivity contribution in [3.63, 3.8) is 0 Å². The van der Waals surface area contributed by atoms with Crippen LogP contribution in [0, 0.1) is 0 Å². The molecule has 6 heteroatoms. The molecule has 0 saturated heterocycles. The van der Waals surface area contributed by atoms with Crippen LogP contribution in [0.1, 0.15) is 19.4 Å². The van der Waals surface area contributed by atoms with E-state index in [2.05, 4.69) is 10.6 Å². The molecule has 0 fully saturated rings. The van der Waals surface area contributed by atoms with Gasteiger partial charge in [-0.05, 0) is 20.3 Å². The van der Waals surface area contributed by atoms with Crippen LogP contribution in [-0.2, 0) is 6.42 Å². The molecule has 0 bridgehead atoms. The minimum atomic E-state index is -0.184. The van der Waals surface area contributed by atoms with Gasteiger partial charge in [0.15, 0.2) is 0 Å². The highest BCUT2D eigenvalue weighted by Gasteiger charge is 2.13. The summed E-state index contributed by atoms with van der Waals surface area (Å²) >= 11 is 0. The number of amides is 2. The summed E-state index contributed by atoms with van der Waals surface area (Å²) in [5, 5.41) is 5.57. The van der Waals surface area contributed by atoms with Crippen LogP contribution in [0.3, 0.4) is 0 Å². The molecule has 2 N–H and O–H groups in total. The van der Waals surface area contributed by atoms with E-state index in [0.717, 1.165) is 5.56 Å². The fourth-order valence-electron chi connectivity index (χ4n) is 1.94. The van der Waals surface area contributed by atoms with Gasteiger partial charge in [-0.15, -0.1) is 0 Å². The Labute approximate surface area is 125 Å². The molecule has 1 rings (SSSR count). The number of urea groups is 1. The van der Waals surface area contributed by atoms with Crippen LogP contribution in [-0.4, -0.2) is 39.9 Å². The summed E-state index contributed by atoms with van der Waals surface area (Å²) in [6, 6.07) is 3.52. The van der Waals surface area contributed by atoms with E-state index in [0.29, 0.717) is 30.2 Å². The van der Waals surface area contributed by atoms with Crippen LogP contribution in [0.15, 0.2) is 12.1 Å². The minimum absolute atomic E-state index is 0.107. The van der Waals surface area contributed by atoms with Crippen molar-refractivity contribution in [2.75, 3.05) is 27.9 Å². The molecule has 2 amide bonds. The van der Waals surface area contributed by atoms with Crippen molar-refractivity contribution in [2.24, 2.45) is 0 Å². The van der Waals surface area contributed by atoms with E-state index >= 15 is 0 Å². The van der Waals surface area contributed by atoms with Crippen LogP contribution in [0.2, 0.25) is 0 Å². The van der Waals surface area contributed by atoms with Gasteiger partial charge < -0.3 is 24.8 Å². The average molecular weight is 296 g/mol. The van der Waals surface area contributed by atoms with E-state index in [1.54, 1.807) is 33.5 Å². The molecule has 21 heavy (non-hydrogen) atoms. The van der Waals surface area contributed by atoms with Crippen molar-refractivity contribution in [2.45, 2.75) is 26.3 Å². The summed E-state index contributed by atoms with van der Waals surface area (Å²) in [5.74, 6) is 2.02. The van der Waals surface area contributed by atoms with Crippen LogP contribution in [0.5, 0.6) is 17.2 Å². The minimum Gasteiger partial charge on any atom is -0.496 e. The summed E-state index contributed by atoms with van der Waals surface area (Å²) in [7, 11) is 4.78. The molecule has 0 unspecified atom stereocenters. The molecule has 0 aliphatic carbocycles. The zero-order valence-electron chi connectivity index (χ0n) is 13.3. The van der Waals surface area contributed by atoms with Crippen LogP contribution in [0.4, 0.5) is 4.79 Å². The summed E-state index contributed by atoms with van der Waals surface area (Å²) < 4.78 is 15.9. The maximum Gasteiger partial charge on any atom is 0.314 e. The lowest BCUT2D eigenvalue weighted by molar-refractivity contribution is 0.238. The van der Waals surface area contributed by atoms with Gasteiger partial charge in [0.2, 0.25) is 0 Å². The molecule has 118 valence electrons. The second kappa shape index (κ2) is 8.24. The Bertz CT molecular complexity index is 450. The molecular weight excluding hydrogens is 272 g/mol. The maximum atomic E-state index is 11.5. The Hall–Kier alpha value is -2.11. The van der Waals surface area contributed by atoms with Gasteiger partial charge >= 0.3 is 6.03 Å². The molecular formula is C15H24N2O4. The standard InChI is InChI=1S/C15H24N2O4/c1-10(2)17-15(18)16-7-6-12-13(20-4)8-11(19-3)9-14(12)21-5/h8-10H,6-7H2,1-5H3,(H2,16,17,18). The lowest BCUT2D eigenvalue weighted by atomic mass is 10.1. The molecule has 1 aromatic carbocycles. The van der Waals surface area contributed by atoms with E-state index in [-0.39, 0.29) is 12.1 Å². The molecule has 0 aliphatic rings. The number of carbonyl (C=O) groups is 1. The van der Waals surface area contributed by atoms with E-state index in [1.165, 1.54) is 0 Å². The van der Waals surface area contributed by atoms with E-state index < -0.39 is 0 Å². The lowest BCUT2D eigenvalue weighted by Crippen LogP contribution is -2.40. The average Bonchev–Trinajstić information content (AvgIpc) is 2.46. The zero-order chi connectivity index (χ0) is 15.8. The van der Waals surface area contributed by atoms with Crippen molar-refractivity contribution >= 4 is 6.03 Å². The third-order valence-corrected chi connectivity index (χ3v) is 2.90. The Morgan fingerprint density at radius 2 is 1.67 bits per heavy atom. The Balaban J connectivity index is 2.75. The van der Waals surface area contributed by atoms with E-state index in [4.69, 9.17) is 14.2 Å². The predicted octanol–water partition coefficient (Wildman–Crippen LogP) is 1.96. The maximum absolute atomic E-state index is 11.5. The van der Waals surface area contributed by atoms with Crippen molar-refractivity contribution in [1.29, 1.82) is 0 Å². The van der Waals surface area contributed by atoms with Gasteiger partial charge in [-0.1, -0.05) is 0 Å². The van der Waals surface area contributed by atoms with E-state index in [1.807, 2.05) is 13.8 Å². The van der Waals surface area contributed by atoms with Crippen LogP contribution < -0.4 is 24.8 Å². The largest absolute Gasteiger partial charge is 0.496 e. The van der Waals surface area contributed by atoms with Crippen molar-refractivity contribution in [3.8, 4) is 17.2 Å². The normalized spacial score (nSPS) is 10.2. The Morgan fingerprint density at radius 1 is 1.10 bits per heavy atom. The number of ether oxygens (including phenoxy) is 3. The number of rotatable bonds is 7. The monoisotopic (exact) mass is 296 g/mol. The van der Waals surface area contributed by atoms with Gasteiger partial charge in [-0.2, -0.15) is 0 Å². The lowest BCUT2D eigenvalue weighted by Gasteiger charge is -2.16. The highest BCUT2D eigenvalue weighted by atomic mass is 16.5. The molecule has 0 heterocycles. The van der Waals surface area contributed by atoms with Gasteiger partial charge in [0, 0.05) is 30.3 Å². The predicted molar refractivity (Wildman–Crippen MR) is 81.5 cm³/mol. The second-order valence-electron chi connectivity index (χ2n) is 4.82.